The lowest BCUT2D eigenvalue weighted by Crippen LogP contribution is -2.31. The van der Waals surface area contributed by atoms with Crippen LogP contribution in [0.4, 0.5) is 0 Å². The van der Waals surface area contributed by atoms with Gasteiger partial charge in [0.2, 0.25) is 0 Å². The molecule has 0 radical (unpaired) electrons. The molecule has 1 aromatic heterocycles. The summed E-state index contributed by atoms with van der Waals surface area (Å²) in [5, 5.41) is 24.7. The average Bonchev–Trinajstić information content (AvgIpc) is 2.73. The molecule has 0 aliphatic rings. The van der Waals surface area contributed by atoms with Crippen LogP contribution in [-0.4, -0.2) is 33.2 Å². The third-order valence-electron chi connectivity index (χ3n) is 3.80. The molecule has 0 saturated heterocycles. The minimum absolute atomic E-state index is 0.0229. The van der Waals surface area contributed by atoms with Gasteiger partial charge >= 0.3 is 0 Å². The molecule has 1 aromatic carbocycles. The molecule has 0 saturated carbocycles. The van der Waals surface area contributed by atoms with Gasteiger partial charge in [-0.3, -0.25) is 4.68 Å². The van der Waals surface area contributed by atoms with Gasteiger partial charge in [-0.2, -0.15) is 5.10 Å². The van der Waals surface area contributed by atoms with Gasteiger partial charge in [-0.25, -0.2) is 0 Å². The van der Waals surface area contributed by atoms with Gasteiger partial charge in [0, 0.05) is 24.3 Å². The van der Waals surface area contributed by atoms with Crippen molar-refractivity contribution in [3.8, 4) is 0 Å². The molecule has 0 aliphatic carbocycles. The molecule has 0 aliphatic heterocycles. The standard InChI is InChI=1S/C14H20N2O2/c1-3-14(9-17,10-18)8-12-11-6-4-5-7-13(11)16(2)15-12/h4-7,17-18H,3,8-10H2,1-2H3. The molecule has 4 nitrogen and oxygen atoms in total. The van der Waals surface area contributed by atoms with Crippen LogP contribution >= 0.6 is 0 Å². The van der Waals surface area contributed by atoms with Crippen LogP contribution < -0.4 is 0 Å². The van der Waals surface area contributed by atoms with Crippen molar-refractivity contribution in [1.29, 1.82) is 0 Å². The molecule has 0 bridgehead atoms. The Morgan fingerprint density at radius 2 is 1.89 bits per heavy atom. The minimum atomic E-state index is -0.475. The van der Waals surface area contributed by atoms with E-state index in [2.05, 4.69) is 5.10 Å². The predicted octanol–water partition coefficient (Wildman–Crippen LogP) is 1.50. The number of aliphatic hydroxyl groups is 2. The zero-order valence-electron chi connectivity index (χ0n) is 10.9. The first-order chi connectivity index (χ1) is 8.65. The van der Waals surface area contributed by atoms with E-state index < -0.39 is 5.41 Å². The Morgan fingerprint density at radius 3 is 2.50 bits per heavy atom. The minimum Gasteiger partial charge on any atom is -0.396 e. The van der Waals surface area contributed by atoms with Crippen LogP contribution in [0.3, 0.4) is 0 Å². The van der Waals surface area contributed by atoms with Crippen LogP contribution in [0.15, 0.2) is 24.3 Å². The summed E-state index contributed by atoms with van der Waals surface area (Å²) in [5.74, 6) is 0. The highest BCUT2D eigenvalue weighted by Gasteiger charge is 2.29. The number of aryl methyl sites for hydroxylation is 1. The second-order valence-electron chi connectivity index (χ2n) is 4.93. The maximum absolute atomic E-state index is 9.52. The first-order valence-electron chi connectivity index (χ1n) is 6.28. The molecule has 0 amide bonds. The van der Waals surface area contributed by atoms with E-state index in [0.717, 1.165) is 23.0 Å². The van der Waals surface area contributed by atoms with Crippen molar-refractivity contribution in [1.82, 2.24) is 9.78 Å². The van der Waals surface area contributed by atoms with Gasteiger partial charge in [0.15, 0.2) is 0 Å². The molecule has 18 heavy (non-hydrogen) atoms. The van der Waals surface area contributed by atoms with Crippen molar-refractivity contribution in [2.75, 3.05) is 13.2 Å². The van der Waals surface area contributed by atoms with Crippen LogP contribution in [0.1, 0.15) is 19.0 Å². The van der Waals surface area contributed by atoms with Crippen LogP contribution in [-0.2, 0) is 13.5 Å². The fraction of sp³-hybridized carbons (Fsp3) is 0.500. The van der Waals surface area contributed by atoms with Gasteiger partial charge in [-0.1, -0.05) is 25.1 Å². The number of hydrogen-bond acceptors (Lipinski definition) is 3. The first kappa shape index (κ1) is 13.1. The first-order valence-corrected chi connectivity index (χ1v) is 6.28. The molecule has 4 heteroatoms. The molecule has 0 spiro atoms. The van der Waals surface area contributed by atoms with E-state index in [1.807, 2.05) is 42.9 Å². The van der Waals surface area contributed by atoms with Gasteiger partial charge in [-0.15, -0.1) is 0 Å². The van der Waals surface area contributed by atoms with Crippen LogP contribution in [0, 0.1) is 5.41 Å². The highest BCUT2D eigenvalue weighted by Crippen LogP contribution is 2.29. The molecular weight excluding hydrogens is 228 g/mol. The fourth-order valence-electron chi connectivity index (χ4n) is 2.28. The van der Waals surface area contributed by atoms with Crippen molar-refractivity contribution >= 4 is 10.9 Å². The van der Waals surface area contributed by atoms with E-state index in [0.29, 0.717) is 6.42 Å². The van der Waals surface area contributed by atoms with Crippen molar-refractivity contribution in [2.45, 2.75) is 19.8 Å². The van der Waals surface area contributed by atoms with Gasteiger partial charge in [0.05, 0.1) is 24.4 Å². The predicted molar refractivity (Wildman–Crippen MR) is 71.3 cm³/mol. The Morgan fingerprint density at radius 1 is 1.22 bits per heavy atom. The largest absolute Gasteiger partial charge is 0.396 e. The second kappa shape index (κ2) is 5.08. The summed E-state index contributed by atoms with van der Waals surface area (Å²) in [6, 6.07) is 8.03. The molecular formula is C14H20N2O2. The van der Waals surface area contributed by atoms with Crippen molar-refractivity contribution in [3.63, 3.8) is 0 Å². The summed E-state index contributed by atoms with van der Waals surface area (Å²) < 4.78 is 1.85. The zero-order valence-corrected chi connectivity index (χ0v) is 10.9. The van der Waals surface area contributed by atoms with Crippen LogP contribution in [0.25, 0.3) is 10.9 Å². The van der Waals surface area contributed by atoms with Gasteiger partial charge in [-0.05, 0) is 12.5 Å². The van der Waals surface area contributed by atoms with E-state index in [1.54, 1.807) is 0 Å². The van der Waals surface area contributed by atoms with E-state index in [4.69, 9.17) is 0 Å². The van der Waals surface area contributed by atoms with Crippen LogP contribution in [0.5, 0.6) is 0 Å². The van der Waals surface area contributed by atoms with E-state index >= 15 is 0 Å². The summed E-state index contributed by atoms with van der Waals surface area (Å²) in [7, 11) is 1.91. The van der Waals surface area contributed by atoms with E-state index in [-0.39, 0.29) is 13.2 Å². The Hall–Kier alpha value is -1.39. The SMILES string of the molecule is CCC(CO)(CO)Cc1nn(C)c2ccccc12. The highest BCUT2D eigenvalue weighted by atomic mass is 16.3. The second-order valence-corrected chi connectivity index (χ2v) is 4.93. The third-order valence-corrected chi connectivity index (χ3v) is 3.80. The molecule has 0 atom stereocenters. The average molecular weight is 248 g/mol. The number of fused-ring (bicyclic) bond motifs is 1. The summed E-state index contributed by atoms with van der Waals surface area (Å²) in [6.45, 7) is 1.94. The van der Waals surface area contributed by atoms with Crippen LogP contribution in [0.2, 0.25) is 0 Å². The number of nitrogens with zero attached hydrogens (tertiary/aromatic N) is 2. The third kappa shape index (κ3) is 2.13. The fourth-order valence-corrected chi connectivity index (χ4v) is 2.28. The molecule has 2 aromatic rings. The molecule has 0 unspecified atom stereocenters. The summed E-state index contributed by atoms with van der Waals surface area (Å²) >= 11 is 0. The number of benzene rings is 1. The summed E-state index contributed by atoms with van der Waals surface area (Å²) in [4.78, 5) is 0. The molecule has 2 N–H and O–H groups in total. The van der Waals surface area contributed by atoms with Crippen molar-refractivity contribution in [2.24, 2.45) is 12.5 Å². The summed E-state index contributed by atoms with van der Waals surface area (Å²) in [6.07, 6.45) is 1.32. The Labute approximate surface area is 107 Å². The smallest absolute Gasteiger partial charge is 0.0710 e. The topological polar surface area (TPSA) is 58.3 Å². The Kier molecular flexibility index (Phi) is 3.68. The molecule has 2 rings (SSSR count). The van der Waals surface area contributed by atoms with Gasteiger partial charge < -0.3 is 10.2 Å². The van der Waals surface area contributed by atoms with Gasteiger partial charge in [0.25, 0.3) is 0 Å². The number of hydrogen-bond donors (Lipinski definition) is 2. The number of para-hydroxylation sites is 1. The molecule has 0 fully saturated rings. The Bertz CT molecular complexity index is 521. The maximum Gasteiger partial charge on any atom is 0.0710 e. The summed E-state index contributed by atoms with van der Waals surface area (Å²) in [5.41, 5.74) is 1.54. The molecule has 98 valence electrons. The quantitative estimate of drug-likeness (QED) is 0.843. The lowest BCUT2D eigenvalue weighted by Gasteiger charge is -2.27. The maximum atomic E-state index is 9.52. The lowest BCUT2D eigenvalue weighted by molar-refractivity contribution is 0.0507. The van der Waals surface area contributed by atoms with E-state index in [1.165, 1.54) is 0 Å². The van der Waals surface area contributed by atoms with E-state index in [9.17, 15) is 10.2 Å². The van der Waals surface area contributed by atoms with Gasteiger partial charge in [0.1, 0.15) is 0 Å². The van der Waals surface area contributed by atoms with Crippen molar-refractivity contribution < 1.29 is 10.2 Å². The monoisotopic (exact) mass is 248 g/mol. The Balaban J connectivity index is 2.43. The number of aromatic nitrogens is 2. The number of aliphatic hydroxyl groups excluding tert-OH is 2. The lowest BCUT2D eigenvalue weighted by atomic mass is 9.82. The normalized spacial score (nSPS) is 12.2. The zero-order chi connectivity index (χ0) is 13.2. The highest BCUT2D eigenvalue weighted by molar-refractivity contribution is 5.81. The van der Waals surface area contributed by atoms with Crippen molar-refractivity contribution in [3.05, 3.63) is 30.0 Å². The molecule has 1 heterocycles. The number of rotatable bonds is 5.